The van der Waals surface area contributed by atoms with Gasteiger partial charge in [0.2, 0.25) is 0 Å². The standard InChI is InChI=1S/C12H26O5.C8H18O5/c1-12(2,14-4)11-17-10-9-16-8-7-15-6-5-13-3;9-1-3-11-5-7-13-8-6-12-4-2-10/h5-11H2,1-4H3;9-10H,1-8H2. The zero-order chi connectivity index (χ0) is 22.8. The summed E-state index contributed by atoms with van der Waals surface area (Å²) < 4.78 is 41.1. The van der Waals surface area contributed by atoms with Gasteiger partial charge in [-0.05, 0) is 13.8 Å². The third-order valence-corrected chi connectivity index (χ3v) is 3.39. The van der Waals surface area contributed by atoms with Crippen LogP contribution in [0.3, 0.4) is 0 Å². The highest BCUT2D eigenvalue weighted by molar-refractivity contribution is 4.65. The Balaban J connectivity index is 0. The third kappa shape index (κ3) is 29.8. The first-order valence-corrected chi connectivity index (χ1v) is 10.3. The van der Waals surface area contributed by atoms with Gasteiger partial charge in [0.25, 0.3) is 0 Å². The summed E-state index contributed by atoms with van der Waals surface area (Å²) >= 11 is 0. The molecule has 0 saturated carbocycles. The molecule has 0 aliphatic heterocycles. The summed E-state index contributed by atoms with van der Waals surface area (Å²) in [6, 6.07) is 0. The smallest absolute Gasteiger partial charge is 0.0855 e. The topological polar surface area (TPSA) is 114 Å². The first kappa shape index (κ1) is 31.8. The van der Waals surface area contributed by atoms with E-state index in [0.29, 0.717) is 85.9 Å². The summed E-state index contributed by atoms with van der Waals surface area (Å²) in [5.74, 6) is 0. The molecule has 0 aromatic heterocycles. The second-order valence-electron chi connectivity index (χ2n) is 6.52. The first-order chi connectivity index (χ1) is 14.5. The number of ether oxygens (including phenoxy) is 8. The predicted molar refractivity (Wildman–Crippen MR) is 112 cm³/mol. The zero-order valence-electron chi connectivity index (χ0n) is 19.3. The van der Waals surface area contributed by atoms with Crippen molar-refractivity contribution in [3.05, 3.63) is 0 Å². The number of hydrogen-bond donors (Lipinski definition) is 2. The summed E-state index contributed by atoms with van der Waals surface area (Å²) in [7, 11) is 3.33. The number of methoxy groups -OCH3 is 2. The fourth-order valence-electron chi connectivity index (χ4n) is 1.63. The van der Waals surface area contributed by atoms with E-state index in [-0.39, 0.29) is 18.8 Å². The quantitative estimate of drug-likeness (QED) is 0.223. The van der Waals surface area contributed by atoms with Crippen LogP contribution >= 0.6 is 0 Å². The van der Waals surface area contributed by atoms with Gasteiger partial charge in [-0.15, -0.1) is 0 Å². The second kappa shape index (κ2) is 26.6. The van der Waals surface area contributed by atoms with Gasteiger partial charge in [0.1, 0.15) is 0 Å². The van der Waals surface area contributed by atoms with Gasteiger partial charge in [-0.2, -0.15) is 0 Å². The maximum atomic E-state index is 8.36. The van der Waals surface area contributed by atoms with Crippen LogP contribution in [-0.2, 0) is 37.9 Å². The van der Waals surface area contributed by atoms with Crippen molar-refractivity contribution in [3.8, 4) is 0 Å². The van der Waals surface area contributed by atoms with Gasteiger partial charge in [0.15, 0.2) is 0 Å². The molecule has 10 nitrogen and oxygen atoms in total. The highest BCUT2D eigenvalue weighted by Gasteiger charge is 2.15. The van der Waals surface area contributed by atoms with Gasteiger partial charge >= 0.3 is 0 Å². The number of rotatable bonds is 22. The molecule has 0 aromatic rings. The minimum Gasteiger partial charge on any atom is -0.394 e. The summed E-state index contributed by atoms with van der Waals surface area (Å²) in [5, 5.41) is 16.7. The van der Waals surface area contributed by atoms with Crippen molar-refractivity contribution in [1.82, 2.24) is 0 Å². The Bertz CT molecular complexity index is 295. The normalized spacial score (nSPS) is 11.4. The lowest BCUT2D eigenvalue weighted by atomic mass is 10.1. The van der Waals surface area contributed by atoms with Gasteiger partial charge in [-0.25, -0.2) is 0 Å². The monoisotopic (exact) mass is 444 g/mol. The van der Waals surface area contributed by atoms with Gasteiger partial charge in [-0.3, -0.25) is 0 Å². The molecule has 0 unspecified atom stereocenters. The summed E-state index contributed by atoms with van der Waals surface area (Å²) in [5.41, 5.74) is -0.233. The molecule has 0 fully saturated rings. The Morgan fingerprint density at radius 1 is 0.500 bits per heavy atom. The molecule has 0 aromatic carbocycles. The molecule has 0 rings (SSSR count). The van der Waals surface area contributed by atoms with Crippen molar-refractivity contribution in [2.45, 2.75) is 19.4 Å². The Labute approximate surface area is 181 Å². The fraction of sp³-hybridized carbons (Fsp3) is 1.00. The van der Waals surface area contributed by atoms with E-state index < -0.39 is 0 Å². The Hall–Kier alpha value is -0.400. The zero-order valence-corrected chi connectivity index (χ0v) is 19.3. The Morgan fingerprint density at radius 2 is 0.833 bits per heavy atom. The van der Waals surface area contributed by atoms with Crippen LogP contribution in [0.25, 0.3) is 0 Å². The van der Waals surface area contributed by atoms with Gasteiger partial charge in [0.05, 0.1) is 105 Å². The molecule has 30 heavy (non-hydrogen) atoms. The van der Waals surface area contributed by atoms with Crippen molar-refractivity contribution in [1.29, 1.82) is 0 Å². The van der Waals surface area contributed by atoms with Crippen molar-refractivity contribution in [2.75, 3.05) is 113 Å². The average Bonchev–Trinajstić information content (AvgIpc) is 2.74. The van der Waals surface area contributed by atoms with E-state index in [4.69, 9.17) is 48.1 Å². The number of hydrogen-bond acceptors (Lipinski definition) is 10. The lowest BCUT2D eigenvalue weighted by Crippen LogP contribution is -2.29. The second-order valence-corrected chi connectivity index (χ2v) is 6.52. The van der Waals surface area contributed by atoms with Crippen LogP contribution in [-0.4, -0.2) is 129 Å². The van der Waals surface area contributed by atoms with Gasteiger partial charge in [-0.1, -0.05) is 0 Å². The van der Waals surface area contributed by atoms with Crippen LogP contribution < -0.4 is 0 Å². The summed E-state index contributed by atoms with van der Waals surface area (Å²) in [4.78, 5) is 0. The van der Waals surface area contributed by atoms with Crippen molar-refractivity contribution in [2.24, 2.45) is 0 Å². The van der Waals surface area contributed by atoms with Gasteiger partial charge < -0.3 is 48.1 Å². The fourth-order valence-corrected chi connectivity index (χ4v) is 1.63. The first-order valence-electron chi connectivity index (χ1n) is 10.3. The highest BCUT2D eigenvalue weighted by atomic mass is 16.6. The molecule has 0 atom stereocenters. The van der Waals surface area contributed by atoms with E-state index in [1.54, 1.807) is 14.2 Å². The van der Waals surface area contributed by atoms with Gasteiger partial charge in [0, 0.05) is 14.2 Å². The average molecular weight is 445 g/mol. The molecule has 0 saturated heterocycles. The van der Waals surface area contributed by atoms with Crippen LogP contribution in [0, 0.1) is 0 Å². The lowest BCUT2D eigenvalue weighted by molar-refractivity contribution is -0.0641. The molecule has 0 amide bonds. The molecule has 2 N–H and O–H groups in total. The Kier molecular flexibility index (Phi) is 28.2. The lowest BCUT2D eigenvalue weighted by Gasteiger charge is -2.22. The van der Waals surface area contributed by atoms with Crippen LogP contribution in [0.15, 0.2) is 0 Å². The molecule has 10 heteroatoms. The maximum absolute atomic E-state index is 8.36. The minimum atomic E-state index is -0.233. The molecule has 0 radical (unpaired) electrons. The predicted octanol–water partition coefficient (Wildman–Crippen LogP) is 0.128. The summed E-state index contributed by atoms with van der Waals surface area (Å²) in [6.45, 7) is 10.9. The minimum absolute atomic E-state index is 0.0413. The largest absolute Gasteiger partial charge is 0.394 e. The molecule has 0 aliphatic rings. The molecular weight excluding hydrogens is 400 g/mol. The van der Waals surface area contributed by atoms with Crippen LogP contribution in [0.4, 0.5) is 0 Å². The summed E-state index contributed by atoms with van der Waals surface area (Å²) in [6.07, 6.45) is 0. The van der Waals surface area contributed by atoms with E-state index in [2.05, 4.69) is 0 Å². The molecule has 0 heterocycles. The van der Waals surface area contributed by atoms with E-state index >= 15 is 0 Å². The van der Waals surface area contributed by atoms with E-state index in [1.807, 2.05) is 13.8 Å². The highest BCUT2D eigenvalue weighted by Crippen LogP contribution is 2.06. The van der Waals surface area contributed by atoms with Crippen molar-refractivity contribution >= 4 is 0 Å². The molecule has 0 aliphatic carbocycles. The molecule has 0 spiro atoms. The third-order valence-electron chi connectivity index (χ3n) is 3.39. The SMILES string of the molecule is COCCOCCOCCOCC(C)(C)OC.OCCOCCOCCOCCO. The van der Waals surface area contributed by atoms with E-state index in [9.17, 15) is 0 Å². The van der Waals surface area contributed by atoms with Crippen molar-refractivity contribution < 1.29 is 48.1 Å². The Morgan fingerprint density at radius 3 is 1.17 bits per heavy atom. The molecule has 0 bridgehead atoms. The molecule has 184 valence electrons. The maximum Gasteiger partial charge on any atom is 0.0855 e. The van der Waals surface area contributed by atoms with E-state index in [0.717, 1.165) is 0 Å². The molecular formula is C20H44O10. The van der Waals surface area contributed by atoms with Crippen LogP contribution in [0.5, 0.6) is 0 Å². The number of aliphatic hydroxyl groups is 2. The van der Waals surface area contributed by atoms with Crippen LogP contribution in [0.2, 0.25) is 0 Å². The van der Waals surface area contributed by atoms with Crippen molar-refractivity contribution in [3.63, 3.8) is 0 Å². The van der Waals surface area contributed by atoms with E-state index in [1.165, 1.54) is 0 Å². The number of aliphatic hydroxyl groups excluding tert-OH is 2. The van der Waals surface area contributed by atoms with Crippen LogP contribution in [0.1, 0.15) is 13.8 Å².